The molecule has 3 rings (SSSR count). The normalized spacial score (nSPS) is 28.6. The number of carboxylic acid groups (broad SMARTS) is 1. The highest BCUT2D eigenvalue weighted by atomic mass is 16.4. The summed E-state index contributed by atoms with van der Waals surface area (Å²) in [7, 11) is 0. The minimum Gasteiger partial charge on any atom is -0.480 e. The van der Waals surface area contributed by atoms with E-state index in [1.807, 2.05) is 0 Å². The van der Waals surface area contributed by atoms with E-state index < -0.39 is 42.7 Å². The zero-order valence-corrected chi connectivity index (χ0v) is 15.8. The van der Waals surface area contributed by atoms with Crippen molar-refractivity contribution in [2.24, 2.45) is 5.73 Å². The summed E-state index contributed by atoms with van der Waals surface area (Å²) in [5.41, 5.74) is 5.63. The van der Waals surface area contributed by atoms with Crippen molar-refractivity contribution >= 4 is 23.7 Å². The number of carbonyl (C=O) groups is 4. The van der Waals surface area contributed by atoms with Gasteiger partial charge in [-0.2, -0.15) is 0 Å². The van der Waals surface area contributed by atoms with E-state index in [1.165, 1.54) is 14.7 Å². The Kier molecular flexibility index (Phi) is 6.19. The van der Waals surface area contributed by atoms with Gasteiger partial charge in [-0.3, -0.25) is 14.4 Å². The number of aliphatic carboxylic acids is 1. The summed E-state index contributed by atoms with van der Waals surface area (Å²) in [6, 6.07) is -3.27. The van der Waals surface area contributed by atoms with Crippen LogP contribution in [-0.2, 0) is 19.2 Å². The van der Waals surface area contributed by atoms with Crippen LogP contribution in [0.1, 0.15) is 38.5 Å². The lowest BCUT2D eigenvalue weighted by atomic mass is 10.1. The summed E-state index contributed by atoms with van der Waals surface area (Å²) in [5.74, 6) is -2.10. The molecule has 0 radical (unpaired) electrons. The molecule has 156 valence electrons. The Bertz CT molecular complexity index is 656. The molecule has 4 N–H and O–H groups in total. The van der Waals surface area contributed by atoms with Crippen molar-refractivity contribution in [3.05, 3.63) is 0 Å². The first kappa shape index (κ1) is 20.5. The van der Waals surface area contributed by atoms with Gasteiger partial charge in [-0.1, -0.05) is 0 Å². The van der Waals surface area contributed by atoms with E-state index in [2.05, 4.69) is 0 Å². The van der Waals surface area contributed by atoms with Gasteiger partial charge < -0.3 is 30.6 Å². The highest BCUT2D eigenvalue weighted by molar-refractivity contribution is 5.95. The van der Waals surface area contributed by atoms with Gasteiger partial charge in [0.15, 0.2) is 0 Å². The molecule has 0 spiro atoms. The van der Waals surface area contributed by atoms with Crippen LogP contribution >= 0.6 is 0 Å². The number of aliphatic hydroxyl groups is 1. The highest BCUT2D eigenvalue weighted by Gasteiger charge is 2.45. The van der Waals surface area contributed by atoms with Gasteiger partial charge in [0.2, 0.25) is 17.7 Å². The van der Waals surface area contributed by atoms with E-state index >= 15 is 0 Å². The van der Waals surface area contributed by atoms with E-state index in [-0.39, 0.29) is 11.8 Å². The summed E-state index contributed by atoms with van der Waals surface area (Å²) < 4.78 is 0. The number of carboxylic acids is 1. The fraction of sp³-hybridized carbons (Fsp3) is 0.778. The second-order valence-electron chi connectivity index (χ2n) is 7.70. The molecule has 10 heteroatoms. The van der Waals surface area contributed by atoms with Crippen molar-refractivity contribution < 1.29 is 29.4 Å². The van der Waals surface area contributed by atoms with E-state index in [9.17, 15) is 24.3 Å². The van der Waals surface area contributed by atoms with Crippen LogP contribution in [-0.4, -0.2) is 99.0 Å². The van der Waals surface area contributed by atoms with E-state index in [0.29, 0.717) is 58.2 Å². The zero-order chi connectivity index (χ0) is 20.4. The predicted molar refractivity (Wildman–Crippen MR) is 96.9 cm³/mol. The predicted octanol–water partition coefficient (Wildman–Crippen LogP) is -1.64. The van der Waals surface area contributed by atoms with Crippen LogP contribution in [0.15, 0.2) is 0 Å². The van der Waals surface area contributed by atoms with Gasteiger partial charge in [-0.25, -0.2) is 4.79 Å². The molecule has 0 aromatic carbocycles. The Morgan fingerprint density at radius 3 is 1.75 bits per heavy atom. The zero-order valence-electron chi connectivity index (χ0n) is 15.8. The largest absolute Gasteiger partial charge is 0.480 e. The minimum absolute atomic E-state index is 0.294. The second-order valence-corrected chi connectivity index (χ2v) is 7.70. The summed E-state index contributed by atoms with van der Waals surface area (Å²) in [6.45, 7) is 0.689. The third-order valence-corrected chi connectivity index (χ3v) is 5.98. The molecule has 3 fully saturated rings. The summed E-state index contributed by atoms with van der Waals surface area (Å²) in [4.78, 5) is 54.2. The third-order valence-electron chi connectivity index (χ3n) is 5.98. The Hall–Kier alpha value is -2.20. The quantitative estimate of drug-likeness (QED) is 0.506. The van der Waals surface area contributed by atoms with Gasteiger partial charge in [0.05, 0.1) is 6.61 Å². The summed E-state index contributed by atoms with van der Waals surface area (Å²) in [6.07, 6.45) is 3.34. The van der Waals surface area contributed by atoms with Crippen molar-refractivity contribution in [1.29, 1.82) is 0 Å². The number of aliphatic hydroxyl groups excluding tert-OH is 1. The third kappa shape index (κ3) is 3.70. The van der Waals surface area contributed by atoms with Crippen molar-refractivity contribution in [3.8, 4) is 0 Å². The molecule has 0 bridgehead atoms. The number of amides is 3. The van der Waals surface area contributed by atoms with Crippen LogP contribution in [0.4, 0.5) is 0 Å². The first-order valence-electron chi connectivity index (χ1n) is 9.87. The first-order chi connectivity index (χ1) is 13.4. The van der Waals surface area contributed by atoms with Crippen LogP contribution in [0.2, 0.25) is 0 Å². The Morgan fingerprint density at radius 2 is 1.25 bits per heavy atom. The van der Waals surface area contributed by atoms with Crippen molar-refractivity contribution in [1.82, 2.24) is 14.7 Å². The Labute approximate surface area is 163 Å². The molecule has 0 aromatic rings. The van der Waals surface area contributed by atoms with Gasteiger partial charge in [-0.15, -0.1) is 0 Å². The van der Waals surface area contributed by atoms with Crippen molar-refractivity contribution in [2.45, 2.75) is 62.7 Å². The van der Waals surface area contributed by atoms with Crippen molar-refractivity contribution in [3.63, 3.8) is 0 Å². The van der Waals surface area contributed by atoms with Gasteiger partial charge in [-0.05, 0) is 38.5 Å². The molecule has 0 saturated carbocycles. The molecule has 28 heavy (non-hydrogen) atoms. The van der Waals surface area contributed by atoms with E-state index in [4.69, 9.17) is 10.8 Å². The first-order valence-corrected chi connectivity index (χ1v) is 9.87. The van der Waals surface area contributed by atoms with Gasteiger partial charge >= 0.3 is 5.97 Å². The fourth-order valence-electron chi connectivity index (χ4n) is 4.54. The lowest BCUT2D eigenvalue weighted by Gasteiger charge is -2.34. The maximum Gasteiger partial charge on any atom is 0.326 e. The monoisotopic (exact) mass is 396 g/mol. The summed E-state index contributed by atoms with van der Waals surface area (Å²) in [5, 5.41) is 18.5. The molecule has 0 aromatic heterocycles. The minimum atomic E-state index is -1.06. The van der Waals surface area contributed by atoms with Gasteiger partial charge in [0, 0.05) is 19.6 Å². The van der Waals surface area contributed by atoms with Crippen LogP contribution in [0, 0.1) is 0 Å². The molecule has 4 atom stereocenters. The number of rotatable bonds is 5. The maximum atomic E-state index is 13.2. The highest BCUT2D eigenvalue weighted by Crippen LogP contribution is 2.28. The lowest BCUT2D eigenvalue weighted by molar-refractivity contribution is -0.153. The fourth-order valence-corrected chi connectivity index (χ4v) is 4.54. The maximum absolute atomic E-state index is 13.2. The van der Waals surface area contributed by atoms with Crippen molar-refractivity contribution in [2.75, 3.05) is 26.2 Å². The number of nitrogens with zero attached hydrogens (tertiary/aromatic N) is 3. The van der Waals surface area contributed by atoms with E-state index in [1.54, 1.807) is 0 Å². The lowest BCUT2D eigenvalue weighted by Crippen LogP contribution is -2.56. The topological polar surface area (TPSA) is 144 Å². The number of carbonyl (C=O) groups excluding carboxylic acids is 3. The Balaban J connectivity index is 1.73. The van der Waals surface area contributed by atoms with Crippen LogP contribution in [0.25, 0.3) is 0 Å². The molecular formula is C18H28N4O6. The molecule has 3 saturated heterocycles. The van der Waals surface area contributed by atoms with E-state index in [0.717, 1.165) is 0 Å². The molecule has 3 heterocycles. The number of hydrogen-bond donors (Lipinski definition) is 3. The number of nitrogens with two attached hydrogens (primary N) is 1. The Morgan fingerprint density at radius 1 is 0.821 bits per heavy atom. The molecule has 4 unspecified atom stereocenters. The molecular weight excluding hydrogens is 368 g/mol. The van der Waals surface area contributed by atoms with Crippen LogP contribution in [0.5, 0.6) is 0 Å². The van der Waals surface area contributed by atoms with Crippen LogP contribution in [0.3, 0.4) is 0 Å². The average Bonchev–Trinajstić information content (AvgIpc) is 3.44. The molecule has 3 aliphatic rings. The average molecular weight is 396 g/mol. The summed E-state index contributed by atoms with van der Waals surface area (Å²) >= 11 is 0. The number of hydrogen-bond acceptors (Lipinski definition) is 6. The molecule has 3 aliphatic heterocycles. The standard InChI is InChI=1S/C18H28N4O6/c19-11(10-23)15(24)20-7-1-4-12(20)16(25)21-8-2-5-13(21)17(26)22-9-3-6-14(22)18(27)28/h11-14,23H,1-10,19H2,(H,27,28). The molecule has 10 nitrogen and oxygen atoms in total. The SMILES string of the molecule is NC(CO)C(=O)N1CCCC1C(=O)N1CCCC1C(=O)N1CCCC1C(=O)O. The van der Waals surface area contributed by atoms with Gasteiger partial charge in [0.25, 0.3) is 0 Å². The molecule has 0 aliphatic carbocycles. The van der Waals surface area contributed by atoms with Crippen LogP contribution < -0.4 is 5.73 Å². The second kappa shape index (κ2) is 8.44. The molecule has 3 amide bonds. The van der Waals surface area contributed by atoms with Gasteiger partial charge in [0.1, 0.15) is 24.2 Å². The smallest absolute Gasteiger partial charge is 0.326 e. The number of likely N-dealkylation sites (tertiary alicyclic amines) is 3.